The normalized spacial score (nSPS) is 15.2. The van der Waals surface area contributed by atoms with E-state index < -0.39 is 0 Å². The third-order valence-electron chi connectivity index (χ3n) is 2.27. The number of thioether (sulfide) groups is 1. The Kier molecular flexibility index (Phi) is 3.23. The second-order valence-corrected chi connectivity index (χ2v) is 4.52. The topological polar surface area (TPSA) is 80.5 Å². The molecule has 0 saturated heterocycles. The Morgan fingerprint density at radius 1 is 1.53 bits per heavy atom. The van der Waals surface area contributed by atoms with Crippen LogP contribution in [-0.4, -0.2) is 20.5 Å². The van der Waals surface area contributed by atoms with Crippen LogP contribution >= 0.6 is 11.8 Å². The first-order chi connectivity index (χ1) is 7.36. The molecular formula is C9H13N5S. The van der Waals surface area contributed by atoms with E-state index in [1.165, 1.54) is 12.8 Å². The Morgan fingerprint density at radius 3 is 2.93 bits per heavy atom. The van der Waals surface area contributed by atoms with Gasteiger partial charge in [-0.1, -0.05) is 11.8 Å². The average molecular weight is 223 g/mol. The van der Waals surface area contributed by atoms with E-state index >= 15 is 0 Å². The van der Waals surface area contributed by atoms with Crippen molar-refractivity contribution in [2.24, 2.45) is 5.73 Å². The van der Waals surface area contributed by atoms with Crippen LogP contribution in [0.15, 0.2) is 5.16 Å². The lowest BCUT2D eigenvalue weighted by Crippen LogP contribution is -2.08. The number of nitriles is 1. The lowest BCUT2D eigenvalue weighted by molar-refractivity contribution is 0.626. The Balaban J connectivity index is 2.09. The molecule has 1 aliphatic carbocycles. The zero-order chi connectivity index (χ0) is 10.7. The van der Waals surface area contributed by atoms with Crippen molar-refractivity contribution < 1.29 is 0 Å². The molecule has 2 N–H and O–H groups in total. The van der Waals surface area contributed by atoms with Gasteiger partial charge in [-0.2, -0.15) is 5.26 Å². The molecule has 1 aromatic rings. The highest BCUT2D eigenvalue weighted by Gasteiger charge is 2.28. The van der Waals surface area contributed by atoms with Gasteiger partial charge in [-0.3, -0.25) is 0 Å². The van der Waals surface area contributed by atoms with Crippen LogP contribution in [0.1, 0.15) is 31.1 Å². The van der Waals surface area contributed by atoms with Crippen LogP contribution in [0.5, 0.6) is 0 Å². The van der Waals surface area contributed by atoms with E-state index in [-0.39, 0.29) is 0 Å². The first-order valence-corrected chi connectivity index (χ1v) is 5.99. The largest absolute Gasteiger partial charge is 0.324 e. The van der Waals surface area contributed by atoms with Gasteiger partial charge in [0, 0.05) is 18.2 Å². The van der Waals surface area contributed by atoms with Gasteiger partial charge in [0.25, 0.3) is 0 Å². The van der Waals surface area contributed by atoms with Gasteiger partial charge in [0.1, 0.15) is 5.82 Å². The van der Waals surface area contributed by atoms with E-state index in [1.807, 2.05) is 0 Å². The van der Waals surface area contributed by atoms with Gasteiger partial charge in [0.2, 0.25) is 0 Å². The van der Waals surface area contributed by atoms with Crippen LogP contribution in [0.4, 0.5) is 0 Å². The highest BCUT2D eigenvalue weighted by Crippen LogP contribution is 2.38. The lowest BCUT2D eigenvalue weighted by Gasteiger charge is -2.05. The van der Waals surface area contributed by atoms with Gasteiger partial charge >= 0.3 is 0 Å². The second-order valence-electron chi connectivity index (χ2n) is 3.46. The van der Waals surface area contributed by atoms with Crippen molar-refractivity contribution in [2.45, 2.75) is 37.0 Å². The fraction of sp³-hybridized carbons (Fsp3) is 0.667. The fourth-order valence-electron chi connectivity index (χ4n) is 1.43. The molecule has 0 atom stereocenters. The zero-order valence-corrected chi connectivity index (χ0v) is 9.20. The summed E-state index contributed by atoms with van der Waals surface area (Å²) in [6.45, 7) is 0.433. The van der Waals surface area contributed by atoms with Gasteiger partial charge in [-0.15, -0.1) is 10.2 Å². The summed E-state index contributed by atoms with van der Waals surface area (Å²) in [6, 6.07) is 2.66. The minimum absolute atomic E-state index is 0.433. The molecule has 1 fully saturated rings. The zero-order valence-electron chi connectivity index (χ0n) is 8.39. The molecule has 1 aromatic heterocycles. The molecule has 1 aliphatic rings. The quantitative estimate of drug-likeness (QED) is 0.596. The molecule has 15 heavy (non-hydrogen) atoms. The highest BCUT2D eigenvalue weighted by atomic mass is 32.2. The van der Waals surface area contributed by atoms with E-state index in [9.17, 15) is 0 Å². The molecule has 0 bridgehead atoms. The predicted molar refractivity (Wildman–Crippen MR) is 57.1 cm³/mol. The molecule has 2 rings (SSSR count). The first kappa shape index (κ1) is 10.5. The molecule has 0 amide bonds. The van der Waals surface area contributed by atoms with Gasteiger partial charge in [0.05, 0.1) is 12.6 Å². The molecule has 0 radical (unpaired) electrons. The molecule has 1 heterocycles. The summed E-state index contributed by atoms with van der Waals surface area (Å²) in [5, 5.41) is 17.5. The van der Waals surface area contributed by atoms with E-state index in [4.69, 9.17) is 11.0 Å². The number of nitrogens with zero attached hydrogens (tertiary/aromatic N) is 4. The van der Waals surface area contributed by atoms with E-state index in [0.29, 0.717) is 19.0 Å². The predicted octanol–water partition coefficient (Wildman–Crippen LogP) is 1.08. The lowest BCUT2D eigenvalue weighted by atomic mass is 10.5. The van der Waals surface area contributed by atoms with E-state index in [1.54, 1.807) is 11.8 Å². The van der Waals surface area contributed by atoms with Crippen molar-refractivity contribution >= 4 is 11.8 Å². The first-order valence-electron chi connectivity index (χ1n) is 5.00. The Bertz CT molecular complexity index is 376. The van der Waals surface area contributed by atoms with Crippen molar-refractivity contribution in [3.05, 3.63) is 5.82 Å². The minimum atomic E-state index is 0.433. The molecular weight excluding hydrogens is 210 g/mol. The SMILES string of the molecule is N#CCCSc1nnc(CN)n1C1CC1. The summed E-state index contributed by atoms with van der Waals surface area (Å²) in [6.07, 6.45) is 2.92. The summed E-state index contributed by atoms with van der Waals surface area (Å²) in [7, 11) is 0. The Morgan fingerprint density at radius 2 is 2.33 bits per heavy atom. The molecule has 0 aliphatic heterocycles. The number of aromatic nitrogens is 3. The summed E-state index contributed by atoms with van der Waals surface area (Å²) < 4.78 is 2.13. The van der Waals surface area contributed by atoms with Gasteiger partial charge in [-0.05, 0) is 12.8 Å². The standard InChI is InChI=1S/C9H13N5S/c10-4-1-5-15-9-13-12-8(6-11)14(9)7-2-3-7/h7H,1-3,5-6,11H2. The van der Waals surface area contributed by atoms with Crippen molar-refractivity contribution in [3.8, 4) is 6.07 Å². The molecule has 5 nitrogen and oxygen atoms in total. The summed E-state index contributed by atoms with van der Waals surface area (Å²) >= 11 is 1.59. The minimum Gasteiger partial charge on any atom is -0.324 e. The van der Waals surface area contributed by atoms with Gasteiger partial charge < -0.3 is 10.3 Å². The average Bonchev–Trinajstić information content (AvgIpc) is 3.00. The molecule has 0 spiro atoms. The molecule has 6 heteroatoms. The smallest absolute Gasteiger partial charge is 0.191 e. The van der Waals surface area contributed by atoms with Crippen molar-refractivity contribution in [3.63, 3.8) is 0 Å². The Labute approximate surface area is 92.7 Å². The van der Waals surface area contributed by atoms with Crippen LogP contribution in [0.2, 0.25) is 0 Å². The third kappa shape index (κ3) is 2.30. The van der Waals surface area contributed by atoms with Crippen LogP contribution in [0.3, 0.4) is 0 Å². The third-order valence-corrected chi connectivity index (χ3v) is 3.22. The van der Waals surface area contributed by atoms with Crippen LogP contribution in [-0.2, 0) is 6.54 Å². The van der Waals surface area contributed by atoms with Gasteiger partial charge in [-0.25, -0.2) is 0 Å². The maximum Gasteiger partial charge on any atom is 0.191 e. The van der Waals surface area contributed by atoms with Crippen LogP contribution in [0.25, 0.3) is 0 Å². The number of rotatable bonds is 5. The van der Waals surface area contributed by atoms with E-state index in [0.717, 1.165) is 16.7 Å². The molecule has 0 aromatic carbocycles. The van der Waals surface area contributed by atoms with Crippen molar-refractivity contribution in [1.29, 1.82) is 5.26 Å². The monoisotopic (exact) mass is 223 g/mol. The number of nitrogens with two attached hydrogens (primary N) is 1. The second kappa shape index (κ2) is 4.64. The fourth-order valence-corrected chi connectivity index (χ4v) is 2.30. The summed E-state index contributed by atoms with van der Waals surface area (Å²) in [4.78, 5) is 0. The van der Waals surface area contributed by atoms with Crippen LogP contribution < -0.4 is 5.73 Å². The maximum absolute atomic E-state index is 8.46. The van der Waals surface area contributed by atoms with Crippen LogP contribution in [0, 0.1) is 11.3 Å². The number of hydrogen-bond acceptors (Lipinski definition) is 5. The Hall–Kier alpha value is -1.06. The van der Waals surface area contributed by atoms with E-state index in [2.05, 4.69) is 20.8 Å². The molecule has 80 valence electrons. The number of hydrogen-bond donors (Lipinski definition) is 1. The maximum atomic E-state index is 8.46. The molecule has 0 unspecified atom stereocenters. The summed E-state index contributed by atoms with van der Waals surface area (Å²) in [5.74, 6) is 1.63. The van der Waals surface area contributed by atoms with Crippen molar-refractivity contribution in [1.82, 2.24) is 14.8 Å². The highest BCUT2D eigenvalue weighted by molar-refractivity contribution is 7.99. The molecule has 1 saturated carbocycles. The van der Waals surface area contributed by atoms with Gasteiger partial charge in [0.15, 0.2) is 5.16 Å². The summed E-state index contributed by atoms with van der Waals surface area (Å²) in [5.41, 5.74) is 5.60. The van der Waals surface area contributed by atoms with Crippen molar-refractivity contribution in [2.75, 3.05) is 5.75 Å².